The monoisotopic (exact) mass is 552 g/mol. The van der Waals surface area contributed by atoms with Gasteiger partial charge in [-0.25, -0.2) is 14.8 Å². The number of aromatic amines is 1. The van der Waals surface area contributed by atoms with Gasteiger partial charge >= 0.3 is 5.76 Å². The van der Waals surface area contributed by atoms with E-state index >= 15 is 0 Å². The van der Waals surface area contributed by atoms with Crippen molar-refractivity contribution in [3.8, 4) is 22.9 Å². The number of rotatable bonds is 6. The lowest BCUT2D eigenvalue weighted by Crippen LogP contribution is -2.41. The van der Waals surface area contributed by atoms with Crippen molar-refractivity contribution in [1.82, 2.24) is 34.9 Å². The van der Waals surface area contributed by atoms with Gasteiger partial charge in [-0.3, -0.25) is 9.51 Å². The molecule has 1 atom stereocenters. The van der Waals surface area contributed by atoms with E-state index in [1.54, 1.807) is 6.20 Å². The van der Waals surface area contributed by atoms with Crippen molar-refractivity contribution in [3.05, 3.63) is 70.8 Å². The third-order valence-electron chi connectivity index (χ3n) is 8.35. The van der Waals surface area contributed by atoms with Gasteiger partial charge in [0.15, 0.2) is 0 Å². The van der Waals surface area contributed by atoms with Gasteiger partial charge in [0, 0.05) is 19.3 Å². The third kappa shape index (κ3) is 5.01. The van der Waals surface area contributed by atoms with E-state index in [1.165, 1.54) is 31.2 Å². The number of imidazole rings is 1. The van der Waals surface area contributed by atoms with Crippen LogP contribution >= 0.6 is 0 Å². The van der Waals surface area contributed by atoms with Crippen LogP contribution < -0.4 is 10.7 Å². The van der Waals surface area contributed by atoms with Crippen LogP contribution in [0.5, 0.6) is 0 Å². The molecule has 0 radical (unpaired) electrons. The van der Waals surface area contributed by atoms with E-state index in [0.717, 1.165) is 29.4 Å². The number of benzene rings is 1. The second-order valence-electron chi connectivity index (χ2n) is 11.1. The number of fused-ring (bicyclic) bond motifs is 1. The van der Waals surface area contributed by atoms with Crippen LogP contribution in [-0.4, -0.2) is 54.6 Å². The molecule has 210 valence electrons. The first kappa shape index (κ1) is 25.6. The van der Waals surface area contributed by atoms with Crippen molar-refractivity contribution in [3.63, 3.8) is 0 Å². The molecule has 41 heavy (non-hydrogen) atoms. The van der Waals surface area contributed by atoms with E-state index in [1.807, 2.05) is 24.3 Å². The number of nitrogens with one attached hydrogen (secondary N) is 1. The highest BCUT2D eigenvalue weighted by atomic mass is 16.5. The zero-order chi connectivity index (χ0) is 27.8. The maximum Gasteiger partial charge on any atom is 0.439 e. The van der Waals surface area contributed by atoms with Crippen LogP contribution in [0.4, 0.5) is 5.95 Å². The summed E-state index contributed by atoms with van der Waals surface area (Å²) < 4.78 is 13.1. The van der Waals surface area contributed by atoms with Crippen molar-refractivity contribution >= 4 is 17.0 Å². The highest BCUT2D eigenvalue weighted by Gasteiger charge is 2.32. The Morgan fingerprint density at radius 2 is 1.88 bits per heavy atom. The van der Waals surface area contributed by atoms with E-state index in [-0.39, 0.29) is 11.9 Å². The highest BCUT2D eigenvalue weighted by Crippen LogP contribution is 2.38. The van der Waals surface area contributed by atoms with Gasteiger partial charge in [-0.2, -0.15) is 5.10 Å². The van der Waals surface area contributed by atoms with E-state index in [4.69, 9.17) is 19.2 Å². The number of hydrogen-bond acceptors (Lipinski definition) is 9. The van der Waals surface area contributed by atoms with Crippen molar-refractivity contribution in [2.75, 3.05) is 24.7 Å². The number of hydrogen-bond donors (Lipinski definition) is 1. The standard InChI is InChI=1S/C30H32N8O3/c1-19-9-11-20(12-10-19)17-38-27-23(33-29(38)37-14-15-40-18-25(37)21-6-3-2-4-7-21)16-24(28-34-30(39)41-36-28)32-26(27)22-8-5-13-31-35-22/h2-8,13,16,19-20,25H,9-12,14-15,17-18H2,1H3,(H,34,36,39)/t19-,20-,25-/m0/s1. The molecule has 5 aromatic rings. The predicted molar refractivity (Wildman–Crippen MR) is 153 cm³/mol. The molecule has 11 heteroatoms. The first-order valence-corrected chi connectivity index (χ1v) is 14.3. The Bertz CT molecular complexity index is 1690. The Morgan fingerprint density at radius 3 is 2.63 bits per heavy atom. The maximum absolute atomic E-state index is 11.8. The largest absolute Gasteiger partial charge is 0.439 e. The lowest BCUT2D eigenvalue weighted by atomic mass is 9.83. The molecule has 0 bridgehead atoms. The molecule has 5 heterocycles. The number of anilines is 1. The Labute approximate surface area is 236 Å². The Morgan fingerprint density at radius 1 is 1.02 bits per heavy atom. The maximum atomic E-state index is 11.8. The van der Waals surface area contributed by atoms with Crippen LogP contribution in [0.1, 0.15) is 44.2 Å². The molecule has 2 aliphatic rings. The first-order chi connectivity index (χ1) is 20.1. The Balaban J connectivity index is 1.44. The van der Waals surface area contributed by atoms with Gasteiger partial charge in [0.05, 0.1) is 30.3 Å². The summed E-state index contributed by atoms with van der Waals surface area (Å²) in [7, 11) is 0. The summed E-state index contributed by atoms with van der Waals surface area (Å²) in [5, 5.41) is 12.5. The second kappa shape index (κ2) is 10.9. The molecular weight excluding hydrogens is 520 g/mol. The summed E-state index contributed by atoms with van der Waals surface area (Å²) in [5.74, 6) is 1.77. The molecule has 1 aliphatic carbocycles. The fraction of sp³-hybridized carbons (Fsp3) is 0.400. The molecule has 1 N–H and O–H groups in total. The number of morpholine rings is 1. The van der Waals surface area contributed by atoms with E-state index in [0.29, 0.717) is 42.8 Å². The van der Waals surface area contributed by atoms with Crippen LogP contribution in [-0.2, 0) is 11.3 Å². The molecule has 2 fully saturated rings. The molecule has 11 nitrogen and oxygen atoms in total. The molecule has 0 unspecified atom stereocenters. The van der Waals surface area contributed by atoms with Gasteiger partial charge in [0.25, 0.3) is 0 Å². The van der Waals surface area contributed by atoms with Crippen molar-refractivity contribution in [2.45, 2.75) is 45.2 Å². The van der Waals surface area contributed by atoms with Crippen molar-refractivity contribution in [1.29, 1.82) is 0 Å². The number of H-pyrrole nitrogens is 1. The van der Waals surface area contributed by atoms with Gasteiger partial charge in [0.1, 0.15) is 17.1 Å². The molecule has 1 aliphatic heterocycles. The van der Waals surface area contributed by atoms with Crippen LogP contribution in [0.3, 0.4) is 0 Å². The lowest BCUT2D eigenvalue weighted by Gasteiger charge is -2.37. The normalized spacial score (nSPS) is 21.4. The smallest absolute Gasteiger partial charge is 0.377 e. The minimum absolute atomic E-state index is 0.0196. The van der Waals surface area contributed by atoms with E-state index < -0.39 is 5.76 Å². The Hall–Kier alpha value is -4.38. The number of aromatic nitrogens is 7. The van der Waals surface area contributed by atoms with Crippen LogP contribution in [0.2, 0.25) is 0 Å². The zero-order valence-electron chi connectivity index (χ0n) is 22.9. The number of nitrogens with zero attached hydrogens (tertiary/aromatic N) is 7. The van der Waals surface area contributed by atoms with E-state index in [2.05, 4.69) is 61.0 Å². The van der Waals surface area contributed by atoms with Crippen LogP contribution in [0.15, 0.2) is 64.0 Å². The summed E-state index contributed by atoms with van der Waals surface area (Å²) in [6.07, 6.45) is 6.46. The van der Waals surface area contributed by atoms with Crippen LogP contribution in [0, 0.1) is 11.8 Å². The summed E-state index contributed by atoms with van der Waals surface area (Å²) in [6, 6.07) is 16.1. The molecule has 4 aromatic heterocycles. The molecule has 1 saturated heterocycles. The van der Waals surface area contributed by atoms with Gasteiger partial charge in [-0.1, -0.05) is 55.3 Å². The summed E-state index contributed by atoms with van der Waals surface area (Å²) >= 11 is 0. The predicted octanol–water partition coefficient (Wildman–Crippen LogP) is 4.64. The molecule has 1 aromatic carbocycles. The highest BCUT2D eigenvalue weighted by molar-refractivity contribution is 5.93. The quantitative estimate of drug-likeness (QED) is 0.320. The van der Waals surface area contributed by atoms with Gasteiger partial charge in [-0.05, 0) is 48.4 Å². The summed E-state index contributed by atoms with van der Waals surface area (Å²) in [6.45, 7) is 5.08. The topological polar surface area (TPSA) is 128 Å². The van der Waals surface area contributed by atoms with Crippen LogP contribution in [0.25, 0.3) is 33.9 Å². The average molecular weight is 553 g/mol. The SMILES string of the molecule is C[C@H]1CC[C@H](Cn2c(N3CCOC[C@H]3c3ccccc3)nc3cc(-c4noc(=O)[nH]4)nc(-c4cccnn4)c32)CC1. The minimum atomic E-state index is -0.639. The summed E-state index contributed by atoms with van der Waals surface area (Å²) in [4.78, 5) is 27.0. The Kier molecular flexibility index (Phi) is 6.79. The fourth-order valence-corrected chi connectivity index (χ4v) is 6.17. The lowest BCUT2D eigenvalue weighted by molar-refractivity contribution is 0.0927. The van der Waals surface area contributed by atoms with E-state index in [9.17, 15) is 4.79 Å². The number of ether oxygens (including phenoxy) is 1. The van der Waals surface area contributed by atoms with Gasteiger partial charge in [0.2, 0.25) is 11.8 Å². The molecule has 0 amide bonds. The number of pyridine rings is 1. The van der Waals surface area contributed by atoms with Crippen molar-refractivity contribution in [2.24, 2.45) is 11.8 Å². The first-order valence-electron chi connectivity index (χ1n) is 14.3. The minimum Gasteiger partial charge on any atom is -0.377 e. The fourth-order valence-electron chi connectivity index (χ4n) is 6.17. The average Bonchev–Trinajstić information content (AvgIpc) is 3.62. The molecule has 7 rings (SSSR count). The molecular formula is C30H32N8O3. The van der Waals surface area contributed by atoms with Gasteiger partial charge in [-0.15, -0.1) is 5.10 Å². The van der Waals surface area contributed by atoms with Crippen molar-refractivity contribution < 1.29 is 9.26 Å². The molecule has 0 spiro atoms. The third-order valence-corrected chi connectivity index (χ3v) is 8.35. The van der Waals surface area contributed by atoms with Gasteiger partial charge < -0.3 is 14.2 Å². The second-order valence-corrected chi connectivity index (χ2v) is 11.1. The molecule has 1 saturated carbocycles. The summed E-state index contributed by atoms with van der Waals surface area (Å²) in [5.41, 5.74) is 4.54. The zero-order valence-corrected chi connectivity index (χ0v) is 22.9.